The Morgan fingerprint density at radius 1 is 1.21 bits per heavy atom. The average molecular weight is 341 g/mol. The van der Waals surface area contributed by atoms with Crippen LogP contribution in [0.1, 0.15) is 10.4 Å². The van der Waals surface area contributed by atoms with Crippen LogP contribution in [-0.2, 0) is 0 Å². The van der Waals surface area contributed by atoms with Crippen molar-refractivity contribution in [3.8, 4) is 17.0 Å². The molecule has 0 spiro atoms. The van der Waals surface area contributed by atoms with Gasteiger partial charge in [0, 0.05) is 23.1 Å². The number of non-ortho nitro benzene ring substituents is 1. The lowest BCUT2D eigenvalue weighted by Gasteiger charge is -2.04. The molecule has 24 heavy (non-hydrogen) atoms. The fourth-order valence-electron chi connectivity index (χ4n) is 2.06. The number of hydrogen-bond donors (Lipinski definition) is 2. The highest BCUT2D eigenvalue weighted by Crippen LogP contribution is 2.27. The van der Waals surface area contributed by atoms with E-state index in [-0.39, 0.29) is 17.0 Å². The lowest BCUT2D eigenvalue weighted by Crippen LogP contribution is -2.12. The zero-order valence-electron chi connectivity index (χ0n) is 12.2. The number of benzene rings is 2. The monoisotopic (exact) mass is 341 g/mol. The minimum atomic E-state index is -0.662. The summed E-state index contributed by atoms with van der Waals surface area (Å²) >= 11 is 1.23. The molecule has 0 saturated heterocycles. The Kier molecular flexibility index (Phi) is 4.21. The van der Waals surface area contributed by atoms with Crippen LogP contribution in [0, 0.1) is 10.1 Å². The molecule has 120 valence electrons. The molecular formula is C16H11N3O4S. The highest BCUT2D eigenvalue weighted by atomic mass is 32.1. The topological polar surface area (TPSA) is 105 Å². The van der Waals surface area contributed by atoms with Crippen LogP contribution in [0.5, 0.6) is 5.75 Å². The smallest absolute Gasteiger partial charge is 0.270 e. The van der Waals surface area contributed by atoms with Crippen molar-refractivity contribution in [2.45, 2.75) is 0 Å². The fourth-order valence-corrected chi connectivity index (χ4v) is 2.77. The van der Waals surface area contributed by atoms with Gasteiger partial charge in [0.1, 0.15) is 5.75 Å². The predicted octanol–water partition coefficient (Wildman–Crippen LogP) is 3.68. The largest absolute Gasteiger partial charge is 0.507 e. The molecule has 0 aliphatic heterocycles. The summed E-state index contributed by atoms with van der Waals surface area (Å²) in [5.41, 5.74) is 1.16. The third-order valence-electron chi connectivity index (χ3n) is 3.23. The second-order valence-corrected chi connectivity index (χ2v) is 5.67. The number of aromatic nitrogens is 1. The van der Waals surface area contributed by atoms with Crippen molar-refractivity contribution in [3.63, 3.8) is 0 Å². The number of rotatable bonds is 4. The zero-order chi connectivity index (χ0) is 17.1. The fraction of sp³-hybridized carbons (Fsp3) is 0. The molecule has 3 rings (SSSR count). The maximum absolute atomic E-state index is 12.2. The van der Waals surface area contributed by atoms with E-state index in [9.17, 15) is 20.0 Å². The number of anilines is 1. The number of nitro benzene ring substituents is 1. The number of phenolic OH excluding ortho intramolecular Hbond substituents is 1. The van der Waals surface area contributed by atoms with Crippen LogP contribution in [-0.4, -0.2) is 20.9 Å². The lowest BCUT2D eigenvalue weighted by atomic mass is 10.1. The number of aromatic hydroxyl groups is 1. The van der Waals surface area contributed by atoms with Crippen LogP contribution >= 0.6 is 11.3 Å². The average Bonchev–Trinajstić information content (AvgIpc) is 3.04. The van der Waals surface area contributed by atoms with Gasteiger partial charge in [-0.15, -0.1) is 11.3 Å². The molecule has 0 aliphatic rings. The quantitative estimate of drug-likeness (QED) is 0.556. The molecule has 3 aromatic rings. The number of nitrogens with one attached hydrogen (secondary N) is 1. The number of nitrogens with zero attached hydrogens (tertiary/aromatic N) is 2. The number of carbonyl (C=O) groups excluding carboxylic acids is 1. The van der Waals surface area contributed by atoms with E-state index in [0.717, 1.165) is 23.8 Å². The van der Waals surface area contributed by atoms with Crippen molar-refractivity contribution in [1.82, 2.24) is 4.98 Å². The Bertz CT molecular complexity index is 909. The van der Waals surface area contributed by atoms with Gasteiger partial charge in [-0.1, -0.05) is 30.3 Å². The Morgan fingerprint density at radius 2 is 1.96 bits per heavy atom. The molecule has 0 bridgehead atoms. The van der Waals surface area contributed by atoms with Gasteiger partial charge in [0.05, 0.1) is 16.2 Å². The minimum absolute atomic E-state index is 0.180. The first-order valence-electron chi connectivity index (χ1n) is 6.84. The molecule has 1 amide bonds. The maximum atomic E-state index is 12.2. The van der Waals surface area contributed by atoms with Crippen LogP contribution in [0.4, 0.5) is 10.8 Å². The standard InChI is InChI=1S/C16H11N3O4S/c20-14-7-6-11(19(22)23)8-12(14)15(21)18-16-17-13(9-24-16)10-4-2-1-3-5-10/h1-9,20H,(H,17,18,21). The Morgan fingerprint density at radius 3 is 2.67 bits per heavy atom. The Hall–Kier alpha value is -3.26. The van der Waals surface area contributed by atoms with Crippen molar-refractivity contribution in [1.29, 1.82) is 0 Å². The molecule has 0 fully saturated rings. The van der Waals surface area contributed by atoms with Gasteiger partial charge < -0.3 is 5.11 Å². The van der Waals surface area contributed by atoms with E-state index in [1.165, 1.54) is 11.3 Å². The highest BCUT2D eigenvalue weighted by Gasteiger charge is 2.17. The van der Waals surface area contributed by atoms with E-state index in [0.29, 0.717) is 10.8 Å². The van der Waals surface area contributed by atoms with Crippen LogP contribution < -0.4 is 5.32 Å². The first-order chi connectivity index (χ1) is 11.5. The van der Waals surface area contributed by atoms with E-state index in [1.54, 1.807) is 5.38 Å². The van der Waals surface area contributed by atoms with Crippen LogP contribution in [0.15, 0.2) is 53.9 Å². The number of amides is 1. The first-order valence-corrected chi connectivity index (χ1v) is 7.72. The van der Waals surface area contributed by atoms with Gasteiger partial charge in [-0.05, 0) is 6.07 Å². The molecular weight excluding hydrogens is 330 g/mol. The van der Waals surface area contributed by atoms with E-state index in [4.69, 9.17) is 0 Å². The molecule has 0 radical (unpaired) electrons. The number of hydrogen-bond acceptors (Lipinski definition) is 6. The highest BCUT2D eigenvalue weighted by molar-refractivity contribution is 7.14. The summed E-state index contributed by atoms with van der Waals surface area (Å²) in [4.78, 5) is 26.7. The molecule has 1 heterocycles. The van der Waals surface area contributed by atoms with Gasteiger partial charge in [-0.2, -0.15) is 0 Å². The van der Waals surface area contributed by atoms with Gasteiger partial charge in [0.25, 0.3) is 11.6 Å². The molecule has 0 saturated carbocycles. The summed E-state index contributed by atoms with van der Waals surface area (Å²) < 4.78 is 0. The first kappa shape index (κ1) is 15.6. The van der Waals surface area contributed by atoms with Crippen molar-refractivity contribution in [3.05, 3.63) is 69.6 Å². The lowest BCUT2D eigenvalue weighted by molar-refractivity contribution is -0.384. The molecule has 2 aromatic carbocycles. The zero-order valence-corrected chi connectivity index (χ0v) is 13.0. The van der Waals surface area contributed by atoms with Gasteiger partial charge in [0.2, 0.25) is 0 Å². The minimum Gasteiger partial charge on any atom is -0.507 e. The summed E-state index contributed by atoms with van der Waals surface area (Å²) in [6.45, 7) is 0. The summed E-state index contributed by atoms with van der Waals surface area (Å²) in [7, 11) is 0. The maximum Gasteiger partial charge on any atom is 0.270 e. The molecule has 0 aliphatic carbocycles. The number of carbonyl (C=O) groups is 1. The summed E-state index contributed by atoms with van der Waals surface area (Å²) in [6, 6.07) is 12.7. The Balaban J connectivity index is 1.82. The van der Waals surface area contributed by atoms with Crippen molar-refractivity contribution in [2.24, 2.45) is 0 Å². The van der Waals surface area contributed by atoms with E-state index in [2.05, 4.69) is 10.3 Å². The number of nitro groups is 1. The van der Waals surface area contributed by atoms with Crippen LogP contribution in [0.2, 0.25) is 0 Å². The van der Waals surface area contributed by atoms with E-state index < -0.39 is 10.8 Å². The van der Waals surface area contributed by atoms with Gasteiger partial charge in [-0.25, -0.2) is 4.98 Å². The molecule has 7 nitrogen and oxygen atoms in total. The Labute approximate surface area is 140 Å². The summed E-state index contributed by atoms with van der Waals surface area (Å²) in [6.07, 6.45) is 0. The molecule has 0 atom stereocenters. The summed E-state index contributed by atoms with van der Waals surface area (Å²) in [5, 5.41) is 25.2. The predicted molar refractivity (Wildman–Crippen MR) is 90.3 cm³/mol. The van der Waals surface area contributed by atoms with Crippen molar-refractivity contribution < 1.29 is 14.8 Å². The van der Waals surface area contributed by atoms with Crippen LogP contribution in [0.3, 0.4) is 0 Å². The molecule has 1 aromatic heterocycles. The third kappa shape index (κ3) is 3.23. The van der Waals surface area contributed by atoms with Gasteiger partial charge in [-0.3, -0.25) is 20.2 Å². The van der Waals surface area contributed by atoms with Gasteiger partial charge in [0.15, 0.2) is 5.13 Å². The van der Waals surface area contributed by atoms with Crippen molar-refractivity contribution >= 4 is 28.1 Å². The van der Waals surface area contributed by atoms with E-state index >= 15 is 0 Å². The third-order valence-corrected chi connectivity index (χ3v) is 3.99. The number of thiazole rings is 1. The van der Waals surface area contributed by atoms with Gasteiger partial charge >= 0.3 is 0 Å². The SMILES string of the molecule is O=C(Nc1nc(-c2ccccc2)cs1)c1cc([N+](=O)[O-])ccc1O. The molecule has 8 heteroatoms. The molecule has 2 N–H and O–H groups in total. The number of phenols is 1. The van der Waals surface area contributed by atoms with Crippen molar-refractivity contribution in [2.75, 3.05) is 5.32 Å². The van der Waals surface area contributed by atoms with Crippen LogP contribution in [0.25, 0.3) is 11.3 Å². The normalized spacial score (nSPS) is 10.3. The molecule has 0 unspecified atom stereocenters. The second kappa shape index (κ2) is 6.47. The second-order valence-electron chi connectivity index (χ2n) is 4.82. The van der Waals surface area contributed by atoms with E-state index in [1.807, 2.05) is 30.3 Å². The summed E-state index contributed by atoms with van der Waals surface area (Å²) in [5.74, 6) is -0.997.